The first-order valence-corrected chi connectivity index (χ1v) is 6.41. The number of carbonyl (C=O) groups is 1. The average Bonchev–Trinajstić information content (AvgIpc) is 2.32. The number of Topliss-reactive ketones (excluding diaryl/α,β-unsaturated/α-hetero) is 1. The van der Waals surface area contributed by atoms with Crippen LogP contribution in [0, 0.1) is 13.8 Å². The molecular weight excluding hydrogens is 260 g/mol. The van der Waals surface area contributed by atoms with Crippen LogP contribution in [-0.2, 0) is 0 Å². The summed E-state index contributed by atoms with van der Waals surface area (Å²) in [6.07, 6.45) is 0. The molecule has 0 bridgehead atoms. The van der Waals surface area contributed by atoms with Crippen molar-refractivity contribution in [2.75, 3.05) is 0 Å². The summed E-state index contributed by atoms with van der Waals surface area (Å²) in [5, 5.41) is 0.412. The maximum absolute atomic E-state index is 11.3. The van der Waals surface area contributed by atoms with Crippen molar-refractivity contribution in [1.29, 1.82) is 0 Å². The number of ether oxygens (including phenoxy) is 1. The van der Waals surface area contributed by atoms with Crippen LogP contribution in [0.5, 0.6) is 11.5 Å². The predicted molar refractivity (Wildman–Crippen MR) is 77.4 cm³/mol. The van der Waals surface area contributed by atoms with Crippen LogP contribution in [-0.4, -0.2) is 5.78 Å². The topological polar surface area (TPSA) is 26.3 Å². The molecule has 0 heterocycles. The van der Waals surface area contributed by atoms with Crippen LogP contribution < -0.4 is 4.74 Å². The van der Waals surface area contributed by atoms with Crippen molar-refractivity contribution in [2.24, 2.45) is 0 Å². The number of rotatable bonds is 3. The minimum atomic E-state index is -0.0527. The molecule has 0 saturated heterocycles. The lowest BCUT2D eigenvalue weighted by Crippen LogP contribution is -1.94. The Morgan fingerprint density at radius 2 is 1.84 bits per heavy atom. The Labute approximate surface area is 118 Å². The summed E-state index contributed by atoms with van der Waals surface area (Å²) in [6.45, 7) is 5.52. The number of aryl methyl sites for hydroxylation is 2. The normalized spacial score (nSPS) is 10.3. The van der Waals surface area contributed by atoms with Gasteiger partial charge in [0.2, 0.25) is 0 Å². The number of hydrogen-bond donors (Lipinski definition) is 0. The van der Waals surface area contributed by atoms with Gasteiger partial charge in [-0.3, -0.25) is 4.79 Å². The van der Waals surface area contributed by atoms with Crippen LogP contribution in [0.4, 0.5) is 0 Å². The molecule has 0 aliphatic rings. The summed E-state index contributed by atoms with van der Waals surface area (Å²) in [4.78, 5) is 11.3. The van der Waals surface area contributed by atoms with E-state index in [1.165, 1.54) is 12.5 Å². The Hall–Kier alpha value is -1.80. The molecule has 0 amide bonds. The van der Waals surface area contributed by atoms with Gasteiger partial charge in [0.1, 0.15) is 11.5 Å². The second-order valence-corrected chi connectivity index (χ2v) is 4.98. The van der Waals surface area contributed by atoms with Gasteiger partial charge in [0.15, 0.2) is 5.78 Å². The van der Waals surface area contributed by atoms with E-state index in [0.29, 0.717) is 16.3 Å². The van der Waals surface area contributed by atoms with Crippen LogP contribution in [0.2, 0.25) is 5.02 Å². The van der Waals surface area contributed by atoms with Crippen LogP contribution in [0.3, 0.4) is 0 Å². The summed E-state index contributed by atoms with van der Waals surface area (Å²) in [6, 6.07) is 11.1. The van der Waals surface area contributed by atoms with Crippen molar-refractivity contribution in [3.8, 4) is 11.5 Å². The average molecular weight is 275 g/mol. The van der Waals surface area contributed by atoms with Crippen LogP contribution in [0.25, 0.3) is 0 Å². The number of hydrogen-bond acceptors (Lipinski definition) is 2. The van der Waals surface area contributed by atoms with E-state index >= 15 is 0 Å². The molecule has 0 unspecified atom stereocenters. The minimum absolute atomic E-state index is 0.0527. The fourth-order valence-corrected chi connectivity index (χ4v) is 2.19. The van der Waals surface area contributed by atoms with Gasteiger partial charge in [0, 0.05) is 11.6 Å². The highest BCUT2D eigenvalue weighted by atomic mass is 35.5. The first kappa shape index (κ1) is 13.6. The molecule has 0 radical (unpaired) electrons. The van der Waals surface area contributed by atoms with Gasteiger partial charge in [-0.15, -0.1) is 0 Å². The molecule has 0 N–H and O–H groups in total. The minimum Gasteiger partial charge on any atom is -0.457 e. The highest BCUT2D eigenvalue weighted by molar-refractivity contribution is 6.34. The zero-order valence-corrected chi connectivity index (χ0v) is 11.9. The smallest absolute Gasteiger partial charge is 0.161 e. The van der Waals surface area contributed by atoms with E-state index in [1.54, 1.807) is 18.2 Å². The largest absolute Gasteiger partial charge is 0.457 e. The van der Waals surface area contributed by atoms with Gasteiger partial charge >= 0.3 is 0 Å². The molecule has 2 nitrogen and oxygen atoms in total. The Morgan fingerprint density at radius 1 is 1.11 bits per heavy atom. The van der Waals surface area contributed by atoms with E-state index in [-0.39, 0.29) is 5.78 Å². The van der Waals surface area contributed by atoms with Crippen molar-refractivity contribution >= 4 is 17.4 Å². The van der Waals surface area contributed by atoms with Crippen molar-refractivity contribution < 1.29 is 9.53 Å². The van der Waals surface area contributed by atoms with E-state index in [0.717, 1.165) is 11.3 Å². The van der Waals surface area contributed by atoms with E-state index < -0.39 is 0 Å². The van der Waals surface area contributed by atoms with Crippen molar-refractivity contribution in [1.82, 2.24) is 0 Å². The van der Waals surface area contributed by atoms with Gasteiger partial charge in [-0.25, -0.2) is 0 Å². The van der Waals surface area contributed by atoms with Crippen LogP contribution in [0.1, 0.15) is 28.4 Å². The second kappa shape index (κ2) is 5.45. The number of ketones is 1. The Bertz CT molecular complexity index is 633. The lowest BCUT2D eigenvalue weighted by atomic mass is 10.1. The van der Waals surface area contributed by atoms with E-state index in [2.05, 4.69) is 6.07 Å². The van der Waals surface area contributed by atoms with Crippen molar-refractivity contribution in [3.63, 3.8) is 0 Å². The zero-order chi connectivity index (χ0) is 14.0. The third kappa shape index (κ3) is 3.15. The summed E-state index contributed by atoms with van der Waals surface area (Å²) >= 11 is 6.05. The molecule has 0 atom stereocenters. The van der Waals surface area contributed by atoms with E-state index in [1.807, 2.05) is 26.0 Å². The molecule has 0 aliphatic heterocycles. The van der Waals surface area contributed by atoms with E-state index in [9.17, 15) is 4.79 Å². The third-order valence-corrected chi connectivity index (χ3v) is 3.19. The van der Waals surface area contributed by atoms with Gasteiger partial charge in [-0.2, -0.15) is 0 Å². The standard InChI is InChI=1S/C16H15ClO2/c1-10-4-7-16(11(2)8-10)19-13-5-6-14(12(3)18)15(17)9-13/h4-9H,1-3H3. The molecular formula is C16H15ClO2. The summed E-state index contributed by atoms with van der Waals surface area (Å²) < 4.78 is 5.78. The monoisotopic (exact) mass is 274 g/mol. The Balaban J connectivity index is 2.29. The fourth-order valence-electron chi connectivity index (χ4n) is 1.89. The van der Waals surface area contributed by atoms with Gasteiger partial charge in [0.05, 0.1) is 5.02 Å². The predicted octanol–water partition coefficient (Wildman–Crippen LogP) is 4.95. The van der Waals surface area contributed by atoms with Crippen molar-refractivity contribution in [3.05, 3.63) is 58.1 Å². The SMILES string of the molecule is CC(=O)c1ccc(Oc2ccc(C)cc2C)cc1Cl. The summed E-state index contributed by atoms with van der Waals surface area (Å²) in [5.41, 5.74) is 2.76. The lowest BCUT2D eigenvalue weighted by Gasteiger charge is -2.10. The second-order valence-electron chi connectivity index (χ2n) is 4.57. The molecule has 2 rings (SSSR count). The molecule has 0 spiro atoms. The molecule has 19 heavy (non-hydrogen) atoms. The summed E-state index contributed by atoms with van der Waals surface area (Å²) in [5.74, 6) is 1.36. The first-order chi connectivity index (χ1) is 8.97. The van der Waals surface area contributed by atoms with Gasteiger partial charge in [-0.1, -0.05) is 29.3 Å². The van der Waals surface area contributed by atoms with E-state index in [4.69, 9.17) is 16.3 Å². The molecule has 2 aromatic carbocycles. The van der Waals surface area contributed by atoms with Gasteiger partial charge < -0.3 is 4.74 Å². The quantitative estimate of drug-likeness (QED) is 0.740. The van der Waals surface area contributed by atoms with Crippen molar-refractivity contribution in [2.45, 2.75) is 20.8 Å². The molecule has 2 aromatic rings. The molecule has 0 aromatic heterocycles. The molecule has 3 heteroatoms. The third-order valence-electron chi connectivity index (χ3n) is 2.88. The number of halogens is 1. The zero-order valence-electron chi connectivity index (χ0n) is 11.2. The maximum Gasteiger partial charge on any atom is 0.161 e. The number of benzene rings is 2. The van der Waals surface area contributed by atoms with Gasteiger partial charge in [-0.05, 0) is 44.5 Å². The van der Waals surface area contributed by atoms with Gasteiger partial charge in [0.25, 0.3) is 0 Å². The highest BCUT2D eigenvalue weighted by Gasteiger charge is 2.08. The lowest BCUT2D eigenvalue weighted by molar-refractivity contribution is 0.101. The molecule has 0 fully saturated rings. The summed E-state index contributed by atoms with van der Waals surface area (Å²) in [7, 11) is 0. The Kier molecular flexibility index (Phi) is 3.91. The molecule has 0 saturated carbocycles. The van der Waals surface area contributed by atoms with Crippen LogP contribution in [0.15, 0.2) is 36.4 Å². The maximum atomic E-state index is 11.3. The fraction of sp³-hybridized carbons (Fsp3) is 0.188. The first-order valence-electron chi connectivity index (χ1n) is 6.03. The molecule has 98 valence electrons. The molecule has 0 aliphatic carbocycles. The number of carbonyl (C=O) groups excluding carboxylic acids is 1. The van der Waals surface area contributed by atoms with Crippen LogP contribution >= 0.6 is 11.6 Å². The highest BCUT2D eigenvalue weighted by Crippen LogP contribution is 2.29. The Morgan fingerprint density at radius 3 is 2.42 bits per heavy atom.